The van der Waals surface area contributed by atoms with Crippen LogP contribution >= 0.6 is 22.7 Å². The van der Waals surface area contributed by atoms with Crippen LogP contribution in [-0.4, -0.2) is 54.8 Å². The Morgan fingerprint density at radius 1 is 1.23 bits per heavy atom. The Labute approximate surface area is 204 Å². The number of aromatic hydroxyl groups is 1. The molecule has 0 saturated carbocycles. The van der Waals surface area contributed by atoms with Gasteiger partial charge in [0.2, 0.25) is 11.8 Å². The molecule has 4 N–H and O–H groups in total. The van der Waals surface area contributed by atoms with E-state index in [1.165, 1.54) is 16.7 Å². The molecule has 1 atom stereocenters. The maximum Gasteiger partial charge on any atom is 0.355 e. The van der Waals surface area contributed by atoms with Gasteiger partial charge in [0.25, 0.3) is 0 Å². The van der Waals surface area contributed by atoms with Crippen molar-refractivity contribution in [1.82, 2.24) is 19.5 Å². The summed E-state index contributed by atoms with van der Waals surface area (Å²) in [4.78, 5) is 47.9. The highest BCUT2D eigenvalue weighted by atomic mass is 32.1. The van der Waals surface area contributed by atoms with E-state index in [9.17, 15) is 19.5 Å². The van der Waals surface area contributed by atoms with E-state index in [2.05, 4.69) is 20.3 Å². The van der Waals surface area contributed by atoms with Crippen LogP contribution in [0.4, 0.5) is 5.13 Å². The molecule has 0 spiro atoms. The minimum atomic E-state index is -1.23. The van der Waals surface area contributed by atoms with Crippen LogP contribution in [-0.2, 0) is 11.2 Å². The summed E-state index contributed by atoms with van der Waals surface area (Å²) >= 11 is 2.25. The van der Waals surface area contributed by atoms with Crippen molar-refractivity contribution in [3.05, 3.63) is 56.3 Å². The third-order valence-electron chi connectivity index (χ3n) is 5.19. The Morgan fingerprint density at radius 2 is 2.03 bits per heavy atom. The molecule has 1 aromatic carbocycles. The molecule has 180 valence electrons. The van der Waals surface area contributed by atoms with E-state index in [4.69, 9.17) is 14.6 Å². The van der Waals surface area contributed by atoms with E-state index in [0.29, 0.717) is 36.0 Å². The second kappa shape index (κ2) is 9.23. The van der Waals surface area contributed by atoms with Gasteiger partial charge in [0.1, 0.15) is 24.9 Å². The van der Waals surface area contributed by atoms with Crippen LogP contribution in [0.15, 0.2) is 39.3 Å². The van der Waals surface area contributed by atoms with Crippen LogP contribution in [0.2, 0.25) is 0 Å². The minimum Gasteiger partial charge on any atom is -0.493 e. The molecule has 5 rings (SSSR count). The number of anilines is 1. The second-order valence-electron chi connectivity index (χ2n) is 7.39. The first-order chi connectivity index (χ1) is 16.9. The molecule has 14 heteroatoms. The van der Waals surface area contributed by atoms with Crippen molar-refractivity contribution >= 4 is 39.7 Å². The fourth-order valence-corrected chi connectivity index (χ4v) is 4.84. The van der Waals surface area contributed by atoms with Gasteiger partial charge in [0.15, 0.2) is 22.3 Å². The van der Waals surface area contributed by atoms with Gasteiger partial charge < -0.3 is 30.0 Å². The topological polar surface area (TPSA) is 169 Å². The molecule has 1 aliphatic rings. The molecule has 35 heavy (non-hydrogen) atoms. The number of amides is 1. The van der Waals surface area contributed by atoms with Crippen LogP contribution in [0.3, 0.4) is 0 Å². The first-order valence-electron chi connectivity index (χ1n) is 10.2. The minimum absolute atomic E-state index is 0.00159. The number of carbonyl (C=O) groups is 2. The normalized spacial score (nSPS) is 13.4. The standard InChI is InChI=1S/C21H17N5O7S2/c27-17(25-20-23-12(8-35-20)19(29)30)13(6-11-7-34-9-22-11)26-18(28)16(24-21(26)31)10-1-2-14-15(5-10)33-4-3-32-14/h1-2,5,7-9,13,28H,3-4,6H2,(H,24,31)(H,29,30)(H,23,25,27)/t13-/m0/s1. The Bertz CT molecular complexity index is 1460. The molecule has 4 heterocycles. The molecule has 0 bridgehead atoms. The van der Waals surface area contributed by atoms with Gasteiger partial charge in [-0.2, -0.15) is 0 Å². The smallest absolute Gasteiger partial charge is 0.355 e. The van der Waals surface area contributed by atoms with Gasteiger partial charge in [-0.1, -0.05) is 0 Å². The summed E-state index contributed by atoms with van der Waals surface area (Å²) < 4.78 is 12.0. The Hall–Kier alpha value is -4.17. The van der Waals surface area contributed by atoms with E-state index < -0.39 is 29.5 Å². The highest BCUT2D eigenvalue weighted by Crippen LogP contribution is 2.37. The van der Waals surface area contributed by atoms with Gasteiger partial charge >= 0.3 is 11.7 Å². The number of ether oxygens (including phenoxy) is 2. The summed E-state index contributed by atoms with van der Waals surface area (Å²) in [7, 11) is 0. The van der Waals surface area contributed by atoms with Crippen molar-refractivity contribution in [3.63, 3.8) is 0 Å². The number of thiazole rings is 2. The summed E-state index contributed by atoms with van der Waals surface area (Å²) in [5.74, 6) is -1.34. The zero-order chi connectivity index (χ0) is 24.5. The summed E-state index contributed by atoms with van der Waals surface area (Å²) in [6.45, 7) is 0.793. The number of aromatic amines is 1. The molecule has 1 amide bonds. The van der Waals surface area contributed by atoms with E-state index in [1.807, 2.05) is 0 Å². The van der Waals surface area contributed by atoms with Crippen LogP contribution in [0.25, 0.3) is 11.3 Å². The monoisotopic (exact) mass is 515 g/mol. The number of benzene rings is 1. The Kier molecular flexibility index (Phi) is 5.96. The van der Waals surface area contributed by atoms with Gasteiger partial charge in [0.05, 0.1) is 11.2 Å². The lowest BCUT2D eigenvalue weighted by Crippen LogP contribution is -2.33. The largest absolute Gasteiger partial charge is 0.493 e. The van der Waals surface area contributed by atoms with E-state index in [1.54, 1.807) is 29.1 Å². The molecular formula is C21H17N5O7S2. The van der Waals surface area contributed by atoms with Crippen molar-refractivity contribution in [2.45, 2.75) is 12.5 Å². The number of aromatic nitrogens is 4. The van der Waals surface area contributed by atoms with Crippen LogP contribution in [0.5, 0.6) is 17.4 Å². The third-order valence-corrected chi connectivity index (χ3v) is 6.58. The first kappa shape index (κ1) is 22.6. The molecule has 0 aliphatic carbocycles. The molecule has 4 aromatic rings. The molecule has 0 unspecified atom stereocenters. The number of fused-ring (bicyclic) bond motifs is 1. The number of carboxylic acid groups (broad SMARTS) is 1. The lowest BCUT2D eigenvalue weighted by Gasteiger charge is -2.19. The highest BCUT2D eigenvalue weighted by Gasteiger charge is 2.30. The lowest BCUT2D eigenvalue weighted by atomic mass is 10.1. The third kappa shape index (κ3) is 4.48. The van der Waals surface area contributed by atoms with Gasteiger partial charge in [-0.15, -0.1) is 22.7 Å². The van der Waals surface area contributed by atoms with E-state index in [0.717, 1.165) is 15.9 Å². The van der Waals surface area contributed by atoms with Crippen LogP contribution < -0.4 is 20.5 Å². The van der Waals surface area contributed by atoms with E-state index >= 15 is 0 Å². The average molecular weight is 516 g/mol. The highest BCUT2D eigenvalue weighted by molar-refractivity contribution is 7.14. The number of hydrogen-bond donors (Lipinski definition) is 4. The maximum atomic E-state index is 13.2. The summed E-state index contributed by atoms with van der Waals surface area (Å²) in [6.07, 6.45) is -0.00159. The molecule has 0 fully saturated rings. The maximum absolute atomic E-state index is 13.2. The molecule has 1 aliphatic heterocycles. The summed E-state index contributed by atoms with van der Waals surface area (Å²) in [6, 6.07) is 3.74. The number of aromatic carboxylic acids is 1. The predicted molar refractivity (Wildman–Crippen MR) is 126 cm³/mol. The van der Waals surface area contributed by atoms with Crippen LogP contribution in [0.1, 0.15) is 22.2 Å². The predicted octanol–water partition coefficient (Wildman–Crippen LogP) is 2.35. The zero-order valence-corrected chi connectivity index (χ0v) is 19.4. The fourth-order valence-electron chi connectivity index (χ4n) is 3.58. The number of imidazole rings is 1. The Morgan fingerprint density at radius 3 is 2.74 bits per heavy atom. The second-order valence-corrected chi connectivity index (χ2v) is 8.97. The summed E-state index contributed by atoms with van der Waals surface area (Å²) in [5, 5.41) is 25.7. The SMILES string of the molecule is O=C(O)c1csc(NC(=O)[C@H](Cc2cscn2)n2c(O)c(-c3ccc4c(c3)OCCO4)[nH]c2=O)n1. The molecular weight excluding hydrogens is 498 g/mol. The molecule has 3 aromatic heterocycles. The lowest BCUT2D eigenvalue weighted by molar-refractivity contribution is -0.119. The van der Waals surface area contributed by atoms with Crippen molar-refractivity contribution in [1.29, 1.82) is 0 Å². The quantitative estimate of drug-likeness (QED) is 0.289. The number of nitrogens with one attached hydrogen (secondary N) is 2. The van der Waals surface area contributed by atoms with E-state index in [-0.39, 0.29) is 22.9 Å². The average Bonchev–Trinajstić information content (AvgIpc) is 3.59. The number of carbonyl (C=O) groups excluding carboxylic acids is 1. The van der Waals surface area contributed by atoms with Gasteiger partial charge in [-0.05, 0) is 18.2 Å². The van der Waals surface area contributed by atoms with Gasteiger partial charge in [0, 0.05) is 22.7 Å². The molecule has 0 saturated heterocycles. The number of rotatable bonds is 7. The summed E-state index contributed by atoms with van der Waals surface area (Å²) in [5.41, 5.74) is 1.75. The van der Waals surface area contributed by atoms with Gasteiger partial charge in [-0.3, -0.25) is 4.79 Å². The van der Waals surface area contributed by atoms with Crippen molar-refractivity contribution < 1.29 is 29.3 Å². The fraction of sp³-hybridized carbons (Fsp3) is 0.190. The number of carboxylic acids is 1. The zero-order valence-electron chi connectivity index (χ0n) is 17.8. The Balaban J connectivity index is 1.51. The number of H-pyrrole nitrogens is 1. The van der Waals surface area contributed by atoms with Crippen molar-refractivity contribution in [2.24, 2.45) is 0 Å². The van der Waals surface area contributed by atoms with Crippen LogP contribution in [0, 0.1) is 0 Å². The number of hydrogen-bond acceptors (Lipinski definition) is 10. The molecule has 0 radical (unpaired) electrons. The van der Waals surface area contributed by atoms with Gasteiger partial charge in [-0.25, -0.2) is 24.1 Å². The first-order valence-corrected chi connectivity index (χ1v) is 12.0. The number of nitrogens with zero attached hydrogens (tertiary/aromatic N) is 3. The molecule has 12 nitrogen and oxygen atoms in total. The van der Waals surface area contributed by atoms with Crippen molar-refractivity contribution in [3.8, 4) is 28.6 Å². The van der Waals surface area contributed by atoms with Crippen molar-refractivity contribution in [2.75, 3.05) is 18.5 Å².